The van der Waals surface area contributed by atoms with Gasteiger partial charge in [-0.25, -0.2) is 4.98 Å². The fourth-order valence-corrected chi connectivity index (χ4v) is 2.79. The first-order valence-corrected chi connectivity index (χ1v) is 8.16. The van der Waals surface area contributed by atoms with Crippen LogP contribution < -0.4 is 15.4 Å². The number of ether oxygens (including phenoxy) is 1. The molecule has 0 amide bonds. The van der Waals surface area contributed by atoms with E-state index in [0.29, 0.717) is 17.6 Å². The maximum atomic E-state index is 5.65. The number of hydrogen-bond donors (Lipinski definition) is 2. The summed E-state index contributed by atoms with van der Waals surface area (Å²) in [6, 6.07) is 8.06. The maximum Gasteiger partial charge on any atom is 0.172 e. The molecule has 1 aliphatic rings. The van der Waals surface area contributed by atoms with Gasteiger partial charge in [-0.05, 0) is 56.2 Å². The van der Waals surface area contributed by atoms with Crippen LogP contribution in [-0.2, 0) is 0 Å². The van der Waals surface area contributed by atoms with Crippen molar-refractivity contribution >= 4 is 23.1 Å². The smallest absolute Gasteiger partial charge is 0.172 e. The third kappa shape index (κ3) is 3.76. The molecule has 0 aromatic carbocycles. The van der Waals surface area contributed by atoms with Crippen LogP contribution in [0.4, 0.5) is 5.82 Å². The zero-order valence-corrected chi connectivity index (χ0v) is 14.1. The summed E-state index contributed by atoms with van der Waals surface area (Å²) in [6.45, 7) is 4.62. The zero-order valence-electron chi connectivity index (χ0n) is 13.2. The minimum absolute atomic E-state index is 0.285. The van der Waals surface area contributed by atoms with Gasteiger partial charge in [-0.2, -0.15) is 0 Å². The van der Waals surface area contributed by atoms with Crippen molar-refractivity contribution in [2.45, 2.75) is 32.2 Å². The van der Waals surface area contributed by atoms with E-state index >= 15 is 0 Å². The number of nitrogens with one attached hydrogen (secondary N) is 2. The van der Waals surface area contributed by atoms with E-state index < -0.39 is 0 Å². The van der Waals surface area contributed by atoms with Gasteiger partial charge in [0.1, 0.15) is 11.6 Å². The van der Waals surface area contributed by atoms with Gasteiger partial charge in [-0.3, -0.25) is 4.98 Å². The van der Waals surface area contributed by atoms with Crippen LogP contribution in [0.3, 0.4) is 0 Å². The molecule has 0 bridgehead atoms. The van der Waals surface area contributed by atoms with Crippen LogP contribution in [-0.4, -0.2) is 27.7 Å². The molecule has 120 valence electrons. The Bertz CT molecular complexity index is 706. The van der Waals surface area contributed by atoms with Crippen molar-refractivity contribution < 1.29 is 4.74 Å². The SMILES string of the molecule is CCOc1cccnc1C1CC1NC(=S)Nc1ncccc1C. The lowest BCUT2D eigenvalue weighted by Gasteiger charge is -2.12. The molecule has 1 aliphatic carbocycles. The van der Waals surface area contributed by atoms with Crippen LogP contribution >= 0.6 is 12.2 Å². The zero-order chi connectivity index (χ0) is 16.2. The van der Waals surface area contributed by atoms with E-state index in [1.807, 2.05) is 38.1 Å². The molecule has 2 N–H and O–H groups in total. The van der Waals surface area contributed by atoms with E-state index in [1.54, 1.807) is 12.4 Å². The Morgan fingerprint density at radius 1 is 1.30 bits per heavy atom. The predicted molar refractivity (Wildman–Crippen MR) is 94.9 cm³/mol. The second-order valence-electron chi connectivity index (χ2n) is 5.54. The molecule has 1 saturated carbocycles. The van der Waals surface area contributed by atoms with E-state index in [1.165, 1.54) is 0 Å². The second kappa shape index (κ2) is 6.91. The van der Waals surface area contributed by atoms with Crippen molar-refractivity contribution in [3.8, 4) is 5.75 Å². The topological polar surface area (TPSA) is 59.1 Å². The summed E-state index contributed by atoms with van der Waals surface area (Å²) in [6.07, 6.45) is 4.56. The summed E-state index contributed by atoms with van der Waals surface area (Å²) in [4.78, 5) is 8.76. The molecule has 1 fully saturated rings. The minimum atomic E-state index is 0.285. The van der Waals surface area contributed by atoms with Crippen molar-refractivity contribution in [1.82, 2.24) is 15.3 Å². The summed E-state index contributed by atoms with van der Waals surface area (Å²) >= 11 is 5.38. The summed E-state index contributed by atoms with van der Waals surface area (Å²) in [5.41, 5.74) is 2.07. The lowest BCUT2D eigenvalue weighted by Crippen LogP contribution is -2.31. The Morgan fingerprint density at radius 2 is 2.09 bits per heavy atom. The van der Waals surface area contributed by atoms with Crippen molar-refractivity contribution in [2.75, 3.05) is 11.9 Å². The third-order valence-electron chi connectivity index (χ3n) is 3.80. The Hall–Kier alpha value is -2.21. The van der Waals surface area contributed by atoms with Crippen molar-refractivity contribution in [3.63, 3.8) is 0 Å². The number of hydrogen-bond acceptors (Lipinski definition) is 4. The van der Waals surface area contributed by atoms with Crippen molar-refractivity contribution in [3.05, 3.63) is 47.9 Å². The molecule has 0 saturated heterocycles. The maximum absolute atomic E-state index is 5.65. The van der Waals surface area contributed by atoms with Crippen molar-refractivity contribution in [1.29, 1.82) is 0 Å². The van der Waals surface area contributed by atoms with Gasteiger partial charge in [0.15, 0.2) is 5.11 Å². The van der Waals surface area contributed by atoms with E-state index in [2.05, 4.69) is 20.6 Å². The number of rotatable bonds is 5. The van der Waals surface area contributed by atoms with Gasteiger partial charge < -0.3 is 15.4 Å². The fraction of sp³-hybridized carbons (Fsp3) is 0.353. The number of thiocarbonyl (C=S) groups is 1. The molecule has 2 atom stereocenters. The van der Waals surface area contributed by atoms with Gasteiger partial charge in [0.05, 0.1) is 12.3 Å². The van der Waals surface area contributed by atoms with Crippen LogP contribution in [0.25, 0.3) is 0 Å². The molecule has 0 radical (unpaired) electrons. The second-order valence-corrected chi connectivity index (χ2v) is 5.94. The number of aryl methyl sites for hydroxylation is 1. The Morgan fingerprint density at radius 3 is 2.87 bits per heavy atom. The van der Waals surface area contributed by atoms with Gasteiger partial charge in [0.2, 0.25) is 0 Å². The summed E-state index contributed by atoms with van der Waals surface area (Å²) in [7, 11) is 0. The molecule has 2 aromatic rings. The first kappa shape index (κ1) is 15.7. The van der Waals surface area contributed by atoms with Gasteiger partial charge >= 0.3 is 0 Å². The van der Waals surface area contributed by atoms with E-state index in [4.69, 9.17) is 17.0 Å². The quantitative estimate of drug-likeness (QED) is 0.823. The highest BCUT2D eigenvalue weighted by atomic mass is 32.1. The Balaban J connectivity index is 1.59. The van der Waals surface area contributed by atoms with Crippen LogP contribution in [0, 0.1) is 6.92 Å². The van der Waals surface area contributed by atoms with Crippen LogP contribution in [0.5, 0.6) is 5.75 Å². The number of nitrogens with zero attached hydrogens (tertiary/aromatic N) is 2. The Kier molecular flexibility index (Phi) is 4.71. The van der Waals surface area contributed by atoms with Crippen LogP contribution in [0.1, 0.15) is 30.5 Å². The fourth-order valence-electron chi connectivity index (χ4n) is 2.54. The lowest BCUT2D eigenvalue weighted by molar-refractivity contribution is 0.334. The molecule has 5 nitrogen and oxygen atoms in total. The summed E-state index contributed by atoms with van der Waals surface area (Å²) < 4.78 is 5.65. The molecule has 0 spiro atoms. The first-order valence-electron chi connectivity index (χ1n) is 7.76. The molecule has 23 heavy (non-hydrogen) atoms. The number of pyridine rings is 2. The summed E-state index contributed by atoms with van der Waals surface area (Å²) in [5, 5.41) is 7.07. The largest absolute Gasteiger partial charge is 0.492 e. The van der Waals surface area contributed by atoms with Gasteiger partial charge in [0, 0.05) is 24.4 Å². The minimum Gasteiger partial charge on any atom is -0.492 e. The van der Waals surface area contributed by atoms with E-state index in [-0.39, 0.29) is 6.04 Å². The highest BCUT2D eigenvalue weighted by Gasteiger charge is 2.41. The van der Waals surface area contributed by atoms with Gasteiger partial charge in [0.25, 0.3) is 0 Å². The molecule has 6 heteroatoms. The molecular formula is C17H20N4OS. The summed E-state index contributed by atoms with van der Waals surface area (Å²) in [5.74, 6) is 1.99. The van der Waals surface area contributed by atoms with E-state index in [9.17, 15) is 0 Å². The highest BCUT2D eigenvalue weighted by Crippen LogP contribution is 2.43. The average Bonchev–Trinajstić information content (AvgIpc) is 3.29. The average molecular weight is 328 g/mol. The molecule has 2 unspecified atom stereocenters. The van der Waals surface area contributed by atoms with Gasteiger partial charge in [-0.15, -0.1) is 0 Å². The highest BCUT2D eigenvalue weighted by molar-refractivity contribution is 7.80. The predicted octanol–water partition coefficient (Wildman–Crippen LogP) is 3.03. The van der Waals surface area contributed by atoms with Crippen LogP contribution in [0.15, 0.2) is 36.7 Å². The molecule has 0 aliphatic heterocycles. The van der Waals surface area contributed by atoms with E-state index in [0.717, 1.165) is 29.2 Å². The first-order chi connectivity index (χ1) is 11.2. The van der Waals surface area contributed by atoms with Crippen LogP contribution in [0.2, 0.25) is 0 Å². The molecule has 3 rings (SSSR count). The standard InChI is InChI=1S/C17H20N4OS/c1-3-22-14-7-5-8-18-15(14)12-10-13(12)20-17(23)21-16-11(2)6-4-9-19-16/h4-9,12-13H,3,10H2,1-2H3,(H2,19,20,21,23). The monoisotopic (exact) mass is 328 g/mol. The molecule has 2 aromatic heterocycles. The number of anilines is 1. The van der Waals surface area contributed by atoms with Gasteiger partial charge in [-0.1, -0.05) is 6.07 Å². The molecular weight excluding hydrogens is 308 g/mol. The molecule has 2 heterocycles. The lowest BCUT2D eigenvalue weighted by atomic mass is 10.2. The normalized spacial score (nSPS) is 19.0. The number of aromatic nitrogens is 2. The Labute approximate surface area is 141 Å². The van der Waals surface area contributed by atoms with Crippen molar-refractivity contribution in [2.24, 2.45) is 0 Å². The third-order valence-corrected chi connectivity index (χ3v) is 4.02.